The van der Waals surface area contributed by atoms with Gasteiger partial charge in [-0.2, -0.15) is 0 Å². The highest BCUT2D eigenvalue weighted by atomic mass is 14.9. The van der Waals surface area contributed by atoms with E-state index in [0.717, 1.165) is 6.42 Å². The summed E-state index contributed by atoms with van der Waals surface area (Å²) >= 11 is 0. The maximum Gasteiger partial charge on any atom is 0.0342 e. The van der Waals surface area contributed by atoms with Crippen LogP contribution in [0.2, 0.25) is 0 Å². The molecule has 0 spiro atoms. The highest BCUT2D eigenvalue weighted by Gasteiger charge is 2.00. The molecule has 0 aliphatic carbocycles. The number of nitrogens with one attached hydrogen (secondary N) is 1. The van der Waals surface area contributed by atoms with Crippen LogP contribution in [0.25, 0.3) is 0 Å². The Kier molecular flexibility index (Phi) is 3.99. The summed E-state index contributed by atoms with van der Waals surface area (Å²) in [5.74, 6) is 0.618. The van der Waals surface area contributed by atoms with Gasteiger partial charge in [0.2, 0.25) is 0 Å². The van der Waals surface area contributed by atoms with Crippen molar-refractivity contribution in [3.05, 3.63) is 29.8 Å². The molecule has 1 rings (SSSR count). The Morgan fingerprint density at radius 1 is 1.07 bits per heavy atom. The number of hydrogen-bond donors (Lipinski definition) is 1. The van der Waals surface area contributed by atoms with Gasteiger partial charge in [-0.1, -0.05) is 32.9 Å². The second-order valence-electron chi connectivity index (χ2n) is 4.23. The van der Waals surface area contributed by atoms with Crippen LogP contribution in [-0.4, -0.2) is 6.04 Å². The highest BCUT2D eigenvalue weighted by molar-refractivity contribution is 5.45. The minimum atomic E-state index is 0.555. The van der Waals surface area contributed by atoms with Crippen molar-refractivity contribution in [1.29, 1.82) is 0 Å². The molecule has 1 nitrogen and oxygen atoms in total. The molecule has 0 saturated heterocycles. The predicted octanol–water partition coefficient (Wildman–Crippen LogP) is 4.02. The van der Waals surface area contributed by atoms with E-state index >= 15 is 0 Å². The molecule has 0 bridgehead atoms. The van der Waals surface area contributed by atoms with Gasteiger partial charge in [0.1, 0.15) is 0 Å². The average molecular weight is 191 g/mol. The molecule has 0 saturated carbocycles. The maximum absolute atomic E-state index is 3.46. The quantitative estimate of drug-likeness (QED) is 0.758. The fourth-order valence-corrected chi connectivity index (χ4v) is 1.35. The fourth-order valence-electron chi connectivity index (χ4n) is 1.35. The first-order valence-electron chi connectivity index (χ1n) is 5.50. The van der Waals surface area contributed by atoms with Crippen LogP contribution in [0.1, 0.15) is 45.6 Å². The molecule has 1 aromatic rings. The monoisotopic (exact) mass is 191 g/mol. The first-order chi connectivity index (χ1) is 6.63. The molecule has 1 N–H and O–H groups in total. The van der Waals surface area contributed by atoms with E-state index in [2.05, 4.69) is 57.3 Å². The normalized spacial score (nSPS) is 12.9. The lowest BCUT2D eigenvalue weighted by Crippen LogP contribution is -2.13. The van der Waals surface area contributed by atoms with E-state index in [1.54, 1.807) is 0 Å². The third-order valence-corrected chi connectivity index (χ3v) is 2.60. The summed E-state index contributed by atoms with van der Waals surface area (Å²) in [5.41, 5.74) is 2.63. The van der Waals surface area contributed by atoms with Crippen LogP contribution in [0.4, 0.5) is 5.69 Å². The smallest absolute Gasteiger partial charge is 0.0342 e. The first kappa shape index (κ1) is 11.1. The van der Waals surface area contributed by atoms with E-state index in [-0.39, 0.29) is 0 Å². The third kappa shape index (κ3) is 3.06. The molecule has 1 aromatic carbocycles. The van der Waals surface area contributed by atoms with E-state index in [1.807, 2.05) is 0 Å². The lowest BCUT2D eigenvalue weighted by molar-refractivity contribution is 0.764. The Morgan fingerprint density at radius 3 is 2.07 bits per heavy atom. The van der Waals surface area contributed by atoms with E-state index < -0.39 is 0 Å². The Balaban J connectivity index is 2.64. The molecular formula is C13H21N. The number of rotatable bonds is 4. The lowest BCUT2D eigenvalue weighted by Gasteiger charge is -2.13. The predicted molar refractivity (Wildman–Crippen MR) is 63.9 cm³/mol. The third-order valence-electron chi connectivity index (χ3n) is 2.60. The van der Waals surface area contributed by atoms with E-state index in [9.17, 15) is 0 Å². The SMILES string of the molecule is CC[C@@H](C)Nc1ccc(C(C)C)cc1. The van der Waals surface area contributed by atoms with Gasteiger partial charge in [0.05, 0.1) is 0 Å². The molecule has 14 heavy (non-hydrogen) atoms. The van der Waals surface area contributed by atoms with Crippen molar-refractivity contribution in [1.82, 2.24) is 0 Å². The van der Waals surface area contributed by atoms with E-state index in [0.29, 0.717) is 12.0 Å². The van der Waals surface area contributed by atoms with E-state index in [1.165, 1.54) is 11.3 Å². The highest BCUT2D eigenvalue weighted by Crippen LogP contribution is 2.17. The van der Waals surface area contributed by atoms with Crippen LogP contribution in [0.3, 0.4) is 0 Å². The van der Waals surface area contributed by atoms with Crippen LogP contribution in [0.15, 0.2) is 24.3 Å². The number of benzene rings is 1. The van der Waals surface area contributed by atoms with Crippen molar-refractivity contribution < 1.29 is 0 Å². The maximum atomic E-state index is 3.46. The van der Waals surface area contributed by atoms with Gasteiger partial charge < -0.3 is 5.32 Å². The zero-order valence-electron chi connectivity index (χ0n) is 9.67. The van der Waals surface area contributed by atoms with Crippen molar-refractivity contribution in [2.45, 2.75) is 46.1 Å². The van der Waals surface area contributed by atoms with Crippen molar-refractivity contribution in [3.8, 4) is 0 Å². The Bertz CT molecular complexity index is 261. The molecule has 1 heteroatoms. The van der Waals surface area contributed by atoms with Crippen molar-refractivity contribution in [2.75, 3.05) is 5.32 Å². The molecule has 0 unspecified atom stereocenters. The van der Waals surface area contributed by atoms with Gasteiger partial charge in [-0.15, -0.1) is 0 Å². The first-order valence-corrected chi connectivity index (χ1v) is 5.50. The van der Waals surface area contributed by atoms with E-state index in [4.69, 9.17) is 0 Å². The Morgan fingerprint density at radius 2 is 1.64 bits per heavy atom. The van der Waals surface area contributed by atoms with Gasteiger partial charge in [0.25, 0.3) is 0 Å². The van der Waals surface area contributed by atoms with Crippen LogP contribution in [-0.2, 0) is 0 Å². The summed E-state index contributed by atoms with van der Waals surface area (Å²) in [7, 11) is 0. The van der Waals surface area contributed by atoms with Crippen molar-refractivity contribution in [2.24, 2.45) is 0 Å². The Labute approximate surface area is 87.5 Å². The molecule has 0 fully saturated rings. The van der Waals surface area contributed by atoms with Gasteiger partial charge in [-0.3, -0.25) is 0 Å². The fraction of sp³-hybridized carbons (Fsp3) is 0.538. The van der Waals surface area contributed by atoms with Crippen LogP contribution in [0, 0.1) is 0 Å². The summed E-state index contributed by atoms with van der Waals surface area (Å²) < 4.78 is 0. The number of hydrogen-bond acceptors (Lipinski definition) is 1. The molecule has 0 aromatic heterocycles. The van der Waals surface area contributed by atoms with Gasteiger partial charge in [0, 0.05) is 11.7 Å². The standard InChI is InChI=1S/C13H21N/c1-5-11(4)14-13-8-6-12(7-9-13)10(2)3/h6-11,14H,5H2,1-4H3/t11-/m1/s1. The lowest BCUT2D eigenvalue weighted by atomic mass is 10.0. The summed E-state index contributed by atoms with van der Waals surface area (Å²) in [4.78, 5) is 0. The van der Waals surface area contributed by atoms with Gasteiger partial charge in [-0.25, -0.2) is 0 Å². The minimum absolute atomic E-state index is 0.555. The molecule has 0 radical (unpaired) electrons. The zero-order valence-corrected chi connectivity index (χ0v) is 9.67. The largest absolute Gasteiger partial charge is 0.383 e. The Hall–Kier alpha value is -0.980. The summed E-state index contributed by atoms with van der Waals surface area (Å²) in [6.45, 7) is 8.84. The number of anilines is 1. The second-order valence-corrected chi connectivity index (χ2v) is 4.23. The molecule has 1 atom stereocenters. The molecule has 0 heterocycles. The summed E-state index contributed by atoms with van der Waals surface area (Å²) in [5, 5.41) is 3.46. The second kappa shape index (κ2) is 5.04. The summed E-state index contributed by atoms with van der Waals surface area (Å²) in [6, 6.07) is 9.30. The zero-order chi connectivity index (χ0) is 10.6. The van der Waals surface area contributed by atoms with Crippen LogP contribution < -0.4 is 5.32 Å². The molecule has 0 amide bonds. The summed E-state index contributed by atoms with van der Waals surface area (Å²) in [6.07, 6.45) is 1.16. The minimum Gasteiger partial charge on any atom is -0.383 e. The van der Waals surface area contributed by atoms with Gasteiger partial charge in [0.15, 0.2) is 0 Å². The topological polar surface area (TPSA) is 12.0 Å². The molecular weight excluding hydrogens is 170 g/mol. The van der Waals surface area contributed by atoms with Crippen molar-refractivity contribution >= 4 is 5.69 Å². The van der Waals surface area contributed by atoms with Gasteiger partial charge in [-0.05, 0) is 37.0 Å². The average Bonchev–Trinajstić information content (AvgIpc) is 2.18. The molecule has 0 aliphatic heterocycles. The van der Waals surface area contributed by atoms with Crippen LogP contribution in [0.5, 0.6) is 0 Å². The van der Waals surface area contributed by atoms with Gasteiger partial charge >= 0.3 is 0 Å². The van der Waals surface area contributed by atoms with Crippen molar-refractivity contribution in [3.63, 3.8) is 0 Å². The molecule has 78 valence electrons. The molecule has 0 aliphatic rings. The van der Waals surface area contributed by atoms with Crippen LogP contribution >= 0.6 is 0 Å².